The fourth-order valence-electron chi connectivity index (χ4n) is 2.66. The van der Waals surface area contributed by atoms with Gasteiger partial charge in [0.15, 0.2) is 0 Å². The number of anilines is 1. The van der Waals surface area contributed by atoms with E-state index in [1.807, 2.05) is 30.5 Å². The minimum atomic E-state index is -0.812. The summed E-state index contributed by atoms with van der Waals surface area (Å²) in [6.45, 7) is 0.689. The standard InChI is InChI=1S/C18H20N2O2/c21-18(22)10-13-3-1-6-16(9-13)19-11-14-7-8-17(20-12-14)15-4-2-5-15/h1,3,6-9,12,15,19H,2,4-5,10-11H2,(H,21,22). The van der Waals surface area contributed by atoms with Crippen molar-refractivity contribution >= 4 is 11.7 Å². The van der Waals surface area contributed by atoms with Crippen LogP contribution in [0.1, 0.15) is 42.0 Å². The maximum Gasteiger partial charge on any atom is 0.307 e. The highest BCUT2D eigenvalue weighted by Crippen LogP contribution is 2.34. The molecule has 0 saturated heterocycles. The molecule has 1 aliphatic carbocycles. The van der Waals surface area contributed by atoms with E-state index < -0.39 is 5.97 Å². The second kappa shape index (κ2) is 6.60. The zero-order valence-electron chi connectivity index (χ0n) is 12.5. The molecule has 1 saturated carbocycles. The zero-order chi connectivity index (χ0) is 15.4. The predicted molar refractivity (Wildman–Crippen MR) is 85.9 cm³/mol. The van der Waals surface area contributed by atoms with Crippen LogP contribution in [0.4, 0.5) is 5.69 Å². The van der Waals surface area contributed by atoms with E-state index in [2.05, 4.69) is 22.4 Å². The van der Waals surface area contributed by atoms with Gasteiger partial charge in [-0.1, -0.05) is 24.6 Å². The molecule has 114 valence electrons. The first kappa shape index (κ1) is 14.6. The highest BCUT2D eigenvalue weighted by atomic mass is 16.4. The number of nitrogens with one attached hydrogen (secondary N) is 1. The molecule has 1 aliphatic rings. The van der Waals surface area contributed by atoms with Gasteiger partial charge in [-0.05, 0) is 42.2 Å². The monoisotopic (exact) mass is 296 g/mol. The maximum atomic E-state index is 10.7. The van der Waals surface area contributed by atoms with Gasteiger partial charge in [0.2, 0.25) is 0 Å². The van der Waals surface area contributed by atoms with Gasteiger partial charge in [-0.3, -0.25) is 9.78 Å². The largest absolute Gasteiger partial charge is 0.481 e. The smallest absolute Gasteiger partial charge is 0.307 e. The second-order valence-electron chi connectivity index (χ2n) is 5.84. The lowest BCUT2D eigenvalue weighted by molar-refractivity contribution is -0.136. The van der Waals surface area contributed by atoms with Crippen LogP contribution in [0.5, 0.6) is 0 Å². The van der Waals surface area contributed by atoms with Gasteiger partial charge in [-0.15, -0.1) is 0 Å². The Hall–Kier alpha value is -2.36. The van der Waals surface area contributed by atoms with Gasteiger partial charge in [-0.25, -0.2) is 0 Å². The summed E-state index contributed by atoms with van der Waals surface area (Å²) in [5.74, 6) is -0.150. The Balaban J connectivity index is 1.58. The number of carbonyl (C=O) groups is 1. The van der Waals surface area contributed by atoms with Crippen LogP contribution < -0.4 is 5.32 Å². The normalized spacial score (nSPS) is 14.4. The van der Waals surface area contributed by atoms with Crippen LogP contribution in [0.3, 0.4) is 0 Å². The molecule has 4 heteroatoms. The molecule has 22 heavy (non-hydrogen) atoms. The van der Waals surface area contributed by atoms with Crippen molar-refractivity contribution in [2.75, 3.05) is 5.32 Å². The van der Waals surface area contributed by atoms with Crippen molar-refractivity contribution in [3.63, 3.8) is 0 Å². The molecule has 1 heterocycles. The van der Waals surface area contributed by atoms with Crippen LogP contribution in [0.25, 0.3) is 0 Å². The van der Waals surface area contributed by atoms with Gasteiger partial charge in [0.25, 0.3) is 0 Å². The van der Waals surface area contributed by atoms with Gasteiger partial charge in [-0.2, -0.15) is 0 Å². The first-order valence-corrected chi connectivity index (χ1v) is 7.70. The van der Waals surface area contributed by atoms with Crippen molar-refractivity contribution in [1.82, 2.24) is 4.98 Å². The molecule has 1 aromatic carbocycles. The van der Waals surface area contributed by atoms with Gasteiger partial charge in [0, 0.05) is 30.0 Å². The van der Waals surface area contributed by atoms with Crippen LogP contribution in [0, 0.1) is 0 Å². The van der Waals surface area contributed by atoms with E-state index in [-0.39, 0.29) is 6.42 Å². The maximum absolute atomic E-state index is 10.7. The number of aliphatic carboxylic acids is 1. The van der Waals surface area contributed by atoms with Crippen molar-refractivity contribution < 1.29 is 9.90 Å². The fraction of sp³-hybridized carbons (Fsp3) is 0.333. The van der Waals surface area contributed by atoms with Crippen LogP contribution in [0.2, 0.25) is 0 Å². The van der Waals surface area contributed by atoms with Crippen LogP contribution >= 0.6 is 0 Å². The number of hydrogen-bond donors (Lipinski definition) is 2. The van der Waals surface area contributed by atoms with Crippen LogP contribution in [-0.4, -0.2) is 16.1 Å². The van der Waals surface area contributed by atoms with E-state index in [0.29, 0.717) is 12.5 Å². The van der Waals surface area contributed by atoms with Crippen molar-refractivity contribution in [2.45, 2.75) is 38.1 Å². The lowest BCUT2D eigenvalue weighted by Crippen LogP contribution is -2.10. The molecule has 1 fully saturated rings. The van der Waals surface area contributed by atoms with E-state index in [0.717, 1.165) is 16.8 Å². The number of nitrogens with zero attached hydrogens (tertiary/aromatic N) is 1. The summed E-state index contributed by atoms with van der Waals surface area (Å²) in [6, 6.07) is 11.8. The molecule has 2 N–H and O–H groups in total. The van der Waals surface area contributed by atoms with Crippen molar-refractivity contribution in [3.8, 4) is 0 Å². The minimum Gasteiger partial charge on any atom is -0.481 e. The lowest BCUT2D eigenvalue weighted by Gasteiger charge is -2.24. The van der Waals surface area contributed by atoms with E-state index in [4.69, 9.17) is 5.11 Å². The van der Waals surface area contributed by atoms with Gasteiger partial charge in [0.1, 0.15) is 0 Å². The zero-order valence-corrected chi connectivity index (χ0v) is 12.5. The molecule has 0 radical (unpaired) electrons. The molecule has 0 bridgehead atoms. The van der Waals surface area contributed by atoms with E-state index in [1.165, 1.54) is 25.0 Å². The first-order valence-electron chi connectivity index (χ1n) is 7.70. The molecule has 2 aromatic rings. The van der Waals surface area contributed by atoms with Gasteiger partial charge >= 0.3 is 5.97 Å². The number of carboxylic acids is 1. The van der Waals surface area contributed by atoms with E-state index in [1.54, 1.807) is 0 Å². The van der Waals surface area contributed by atoms with Crippen molar-refractivity contribution in [2.24, 2.45) is 0 Å². The molecule has 4 nitrogen and oxygen atoms in total. The molecule has 0 unspecified atom stereocenters. The highest BCUT2D eigenvalue weighted by molar-refractivity contribution is 5.70. The third-order valence-corrected chi connectivity index (χ3v) is 4.15. The summed E-state index contributed by atoms with van der Waals surface area (Å²) in [7, 11) is 0. The average molecular weight is 296 g/mol. The molecule has 1 aromatic heterocycles. The number of carboxylic acid groups (broad SMARTS) is 1. The molecule has 3 rings (SSSR count). The number of hydrogen-bond acceptors (Lipinski definition) is 3. The first-order chi connectivity index (χ1) is 10.7. The average Bonchev–Trinajstić information content (AvgIpc) is 2.44. The third kappa shape index (κ3) is 3.64. The quantitative estimate of drug-likeness (QED) is 0.855. The fourth-order valence-corrected chi connectivity index (χ4v) is 2.66. The van der Waals surface area contributed by atoms with E-state index >= 15 is 0 Å². The van der Waals surface area contributed by atoms with Gasteiger partial charge < -0.3 is 10.4 Å². The molecule has 0 spiro atoms. The Morgan fingerprint density at radius 2 is 2.09 bits per heavy atom. The third-order valence-electron chi connectivity index (χ3n) is 4.15. The highest BCUT2D eigenvalue weighted by Gasteiger charge is 2.20. The molecular weight excluding hydrogens is 276 g/mol. The molecule has 0 amide bonds. The Morgan fingerprint density at radius 3 is 2.73 bits per heavy atom. The number of benzene rings is 1. The Kier molecular flexibility index (Phi) is 4.37. The summed E-state index contributed by atoms with van der Waals surface area (Å²) in [4.78, 5) is 15.3. The predicted octanol–water partition coefficient (Wildman–Crippen LogP) is 3.59. The molecule has 0 aliphatic heterocycles. The summed E-state index contributed by atoms with van der Waals surface area (Å²) in [6.07, 6.45) is 5.83. The van der Waals surface area contributed by atoms with Crippen molar-refractivity contribution in [1.29, 1.82) is 0 Å². The molecule has 0 atom stereocenters. The second-order valence-corrected chi connectivity index (χ2v) is 5.84. The van der Waals surface area contributed by atoms with Gasteiger partial charge in [0.05, 0.1) is 6.42 Å². The SMILES string of the molecule is O=C(O)Cc1cccc(NCc2ccc(C3CCC3)nc2)c1. The van der Waals surface area contributed by atoms with Crippen molar-refractivity contribution in [3.05, 3.63) is 59.4 Å². The number of rotatable bonds is 6. The summed E-state index contributed by atoms with van der Waals surface area (Å²) in [5.41, 5.74) is 4.07. The number of pyridine rings is 1. The Labute approximate surface area is 130 Å². The molecular formula is C18H20N2O2. The summed E-state index contributed by atoms with van der Waals surface area (Å²) < 4.78 is 0. The minimum absolute atomic E-state index is 0.0488. The summed E-state index contributed by atoms with van der Waals surface area (Å²) in [5, 5.41) is 12.2. The topological polar surface area (TPSA) is 62.2 Å². The van der Waals surface area contributed by atoms with E-state index in [9.17, 15) is 4.79 Å². The van der Waals surface area contributed by atoms with Crippen LogP contribution in [-0.2, 0) is 17.8 Å². The Bertz CT molecular complexity index is 648. The van der Waals surface area contributed by atoms with Crippen LogP contribution in [0.15, 0.2) is 42.6 Å². The Morgan fingerprint density at radius 1 is 1.23 bits per heavy atom. The lowest BCUT2D eigenvalue weighted by atomic mass is 9.82. The summed E-state index contributed by atoms with van der Waals surface area (Å²) >= 11 is 0. The number of aromatic nitrogens is 1.